The number of hydrogen-bond donors (Lipinski definition) is 1. The van der Waals surface area contributed by atoms with Gasteiger partial charge in [0.1, 0.15) is 5.75 Å². The molecule has 0 saturated heterocycles. The van der Waals surface area contributed by atoms with Crippen LogP contribution in [0.5, 0.6) is 5.75 Å². The molecule has 0 aliphatic carbocycles. The van der Waals surface area contributed by atoms with Gasteiger partial charge in [-0.3, -0.25) is 0 Å². The Kier molecular flexibility index (Phi) is 5.83. The third-order valence-corrected chi connectivity index (χ3v) is 3.50. The lowest BCUT2D eigenvalue weighted by Gasteiger charge is -2.29. The van der Waals surface area contributed by atoms with Gasteiger partial charge in [0, 0.05) is 19.2 Å². The molecule has 2 unspecified atom stereocenters. The van der Waals surface area contributed by atoms with Crippen molar-refractivity contribution in [1.82, 2.24) is 5.32 Å². The summed E-state index contributed by atoms with van der Waals surface area (Å²) in [6.45, 7) is 8.60. The Hall–Kier alpha value is -1.06. The zero-order valence-corrected chi connectivity index (χ0v) is 13.0. The molecule has 0 aliphatic heterocycles. The van der Waals surface area contributed by atoms with Crippen molar-refractivity contribution >= 4 is 0 Å². The molecule has 0 heterocycles. The summed E-state index contributed by atoms with van der Waals surface area (Å²) in [5.41, 5.74) is 1.18. The molecule has 1 rings (SSSR count). The van der Waals surface area contributed by atoms with Crippen molar-refractivity contribution in [3.05, 3.63) is 29.8 Å². The summed E-state index contributed by atoms with van der Waals surface area (Å²) in [6, 6.07) is 8.91. The molecule has 0 aromatic heterocycles. The van der Waals surface area contributed by atoms with Gasteiger partial charge in [-0.05, 0) is 51.8 Å². The highest BCUT2D eigenvalue weighted by atomic mass is 16.5. The monoisotopic (exact) mass is 265 g/mol. The summed E-state index contributed by atoms with van der Waals surface area (Å²) >= 11 is 0. The molecule has 3 heteroatoms. The van der Waals surface area contributed by atoms with E-state index in [9.17, 15) is 0 Å². The summed E-state index contributed by atoms with van der Waals surface area (Å²) in [5, 5.41) is 3.60. The highest BCUT2D eigenvalue weighted by molar-refractivity contribution is 5.28. The average molecular weight is 265 g/mol. The van der Waals surface area contributed by atoms with Gasteiger partial charge in [-0.2, -0.15) is 0 Å². The summed E-state index contributed by atoms with van der Waals surface area (Å²) < 4.78 is 10.6. The second-order valence-corrected chi connectivity index (χ2v) is 5.73. The predicted molar refractivity (Wildman–Crippen MR) is 79.7 cm³/mol. The fourth-order valence-corrected chi connectivity index (χ4v) is 2.30. The van der Waals surface area contributed by atoms with Gasteiger partial charge >= 0.3 is 0 Å². The van der Waals surface area contributed by atoms with Crippen molar-refractivity contribution in [2.75, 3.05) is 14.2 Å². The lowest BCUT2D eigenvalue weighted by molar-refractivity contribution is 0.00782. The predicted octanol–water partition coefficient (Wildman–Crippen LogP) is 3.55. The first-order chi connectivity index (χ1) is 8.88. The van der Waals surface area contributed by atoms with Crippen molar-refractivity contribution in [3.63, 3.8) is 0 Å². The van der Waals surface area contributed by atoms with E-state index in [0.717, 1.165) is 12.2 Å². The first kappa shape index (κ1) is 16.0. The molecule has 19 heavy (non-hydrogen) atoms. The maximum Gasteiger partial charge on any atom is 0.118 e. The Labute approximate surface area is 117 Å². The van der Waals surface area contributed by atoms with Crippen LogP contribution < -0.4 is 10.1 Å². The van der Waals surface area contributed by atoms with Gasteiger partial charge in [0.05, 0.1) is 12.7 Å². The van der Waals surface area contributed by atoms with Gasteiger partial charge in [0.15, 0.2) is 0 Å². The van der Waals surface area contributed by atoms with E-state index < -0.39 is 0 Å². The summed E-state index contributed by atoms with van der Waals surface area (Å²) in [5.74, 6) is 0.893. The van der Waals surface area contributed by atoms with E-state index in [4.69, 9.17) is 9.47 Å². The Morgan fingerprint density at radius 1 is 1.11 bits per heavy atom. The summed E-state index contributed by atoms with van der Waals surface area (Å²) in [7, 11) is 3.45. The molecule has 1 aromatic carbocycles. The second-order valence-electron chi connectivity index (χ2n) is 5.73. The Morgan fingerprint density at radius 2 is 1.68 bits per heavy atom. The van der Waals surface area contributed by atoms with E-state index in [2.05, 4.69) is 45.1 Å². The van der Waals surface area contributed by atoms with Crippen LogP contribution in [0.4, 0.5) is 0 Å². The van der Waals surface area contributed by atoms with Crippen molar-refractivity contribution < 1.29 is 9.47 Å². The fraction of sp³-hybridized carbons (Fsp3) is 0.625. The Bertz CT molecular complexity index is 373. The number of benzene rings is 1. The van der Waals surface area contributed by atoms with Gasteiger partial charge in [-0.1, -0.05) is 12.1 Å². The minimum atomic E-state index is -0.0912. The molecule has 1 N–H and O–H groups in total. The molecule has 0 radical (unpaired) electrons. The topological polar surface area (TPSA) is 30.5 Å². The standard InChI is InChI=1S/C16H27NO2/c1-12(11-16(3,4)19-6)17-13(2)14-7-9-15(18-5)10-8-14/h7-10,12-13,17H,11H2,1-6H3. The molecule has 0 fully saturated rings. The second kappa shape index (κ2) is 6.92. The van der Waals surface area contributed by atoms with Crippen molar-refractivity contribution in [1.29, 1.82) is 0 Å². The zero-order chi connectivity index (χ0) is 14.5. The number of methoxy groups -OCH3 is 2. The van der Waals surface area contributed by atoms with Crippen LogP contribution >= 0.6 is 0 Å². The smallest absolute Gasteiger partial charge is 0.118 e. The van der Waals surface area contributed by atoms with Crippen molar-refractivity contribution in [2.45, 2.75) is 51.8 Å². The van der Waals surface area contributed by atoms with Crippen LogP contribution in [0.3, 0.4) is 0 Å². The maximum absolute atomic E-state index is 5.47. The van der Waals surface area contributed by atoms with Crippen LogP contribution in [0.2, 0.25) is 0 Å². The van der Waals surface area contributed by atoms with Crippen molar-refractivity contribution in [2.24, 2.45) is 0 Å². The average Bonchev–Trinajstić information content (AvgIpc) is 2.38. The van der Waals surface area contributed by atoms with Crippen LogP contribution in [0.25, 0.3) is 0 Å². The largest absolute Gasteiger partial charge is 0.497 e. The van der Waals surface area contributed by atoms with Gasteiger partial charge in [-0.25, -0.2) is 0 Å². The third kappa shape index (κ3) is 5.21. The molecule has 108 valence electrons. The first-order valence-corrected chi connectivity index (χ1v) is 6.83. The third-order valence-electron chi connectivity index (χ3n) is 3.50. The molecule has 3 nitrogen and oxygen atoms in total. The van der Waals surface area contributed by atoms with E-state index in [1.807, 2.05) is 12.1 Å². The van der Waals surface area contributed by atoms with Gasteiger partial charge in [-0.15, -0.1) is 0 Å². The van der Waals surface area contributed by atoms with E-state index in [1.165, 1.54) is 5.56 Å². The normalized spacial score (nSPS) is 15.1. The minimum absolute atomic E-state index is 0.0912. The van der Waals surface area contributed by atoms with Gasteiger partial charge < -0.3 is 14.8 Å². The molecule has 1 aromatic rings. The number of rotatable bonds is 7. The maximum atomic E-state index is 5.47. The Morgan fingerprint density at radius 3 is 2.16 bits per heavy atom. The zero-order valence-electron chi connectivity index (χ0n) is 13.0. The molecule has 0 aliphatic rings. The number of nitrogens with one attached hydrogen (secondary N) is 1. The quantitative estimate of drug-likeness (QED) is 0.818. The molecule has 0 spiro atoms. The first-order valence-electron chi connectivity index (χ1n) is 6.83. The summed E-state index contributed by atoms with van der Waals surface area (Å²) in [4.78, 5) is 0. The molecule has 0 amide bonds. The van der Waals surface area contributed by atoms with Crippen LogP contribution in [-0.4, -0.2) is 25.9 Å². The van der Waals surface area contributed by atoms with E-state index in [-0.39, 0.29) is 5.60 Å². The van der Waals surface area contributed by atoms with E-state index >= 15 is 0 Å². The molecule has 2 atom stereocenters. The van der Waals surface area contributed by atoms with Crippen LogP contribution in [0.15, 0.2) is 24.3 Å². The lowest BCUT2D eigenvalue weighted by Crippen LogP contribution is -2.36. The summed E-state index contributed by atoms with van der Waals surface area (Å²) in [6.07, 6.45) is 0.976. The van der Waals surface area contributed by atoms with Crippen LogP contribution in [-0.2, 0) is 4.74 Å². The Balaban J connectivity index is 2.55. The highest BCUT2D eigenvalue weighted by Gasteiger charge is 2.21. The van der Waals surface area contributed by atoms with E-state index in [0.29, 0.717) is 12.1 Å². The van der Waals surface area contributed by atoms with Gasteiger partial charge in [0.25, 0.3) is 0 Å². The minimum Gasteiger partial charge on any atom is -0.497 e. The lowest BCUT2D eigenvalue weighted by atomic mass is 9.98. The molecular formula is C16H27NO2. The number of hydrogen-bond acceptors (Lipinski definition) is 3. The molecule has 0 saturated carbocycles. The SMILES string of the molecule is COc1ccc(C(C)NC(C)CC(C)(C)OC)cc1. The van der Waals surface area contributed by atoms with Crippen LogP contribution in [0, 0.1) is 0 Å². The fourth-order valence-electron chi connectivity index (χ4n) is 2.30. The molecular weight excluding hydrogens is 238 g/mol. The van der Waals surface area contributed by atoms with Gasteiger partial charge in [0.2, 0.25) is 0 Å². The number of ether oxygens (including phenoxy) is 2. The highest BCUT2D eigenvalue weighted by Crippen LogP contribution is 2.20. The van der Waals surface area contributed by atoms with Crippen molar-refractivity contribution in [3.8, 4) is 5.75 Å². The molecule has 0 bridgehead atoms. The van der Waals surface area contributed by atoms with Crippen LogP contribution in [0.1, 0.15) is 45.7 Å². The van der Waals surface area contributed by atoms with E-state index in [1.54, 1.807) is 14.2 Å².